The fraction of sp³-hybridized carbons (Fsp3) is 0.227. The van der Waals surface area contributed by atoms with E-state index in [9.17, 15) is 9.59 Å². The van der Waals surface area contributed by atoms with Crippen LogP contribution >= 0.6 is 0 Å². The van der Waals surface area contributed by atoms with Gasteiger partial charge >= 0.3 is 0 Å². The molecule has 0 aliphatic heterocycles. The third-order valence-corrected chi connectivity index (χ3v) is 4.74. The number of fused-ring (bicyclic) bond motifs is 1. The lowest BCUT2D eigenvalue weighted by Gasteiger charge is -2.19. The number of carbonyl (C=O) groups is 2. The number of aryl methyl sites for hydroxylation is 1. The van der Waals surface area contributed by atoms with Crippen molar-refractivity contribution in [2.24, 2.45) is 0 Å². The van der Waals surface area contributed by atoms with Crippen LogP contribution in [0, 0.1) is 6.92 Å². The normalized spacial score (nSPS) is 14.5. The molecule has 0 saturated heterocycles. The first-order valence-electron chi connectivity index (χ1n) is 9.39. The number of para-hydroxylation sites is 1. The van der Waals surface area contributed by atoms with E-state index in [-0.39, 0.29) is 17.9 Å². The molecule has 1 unspecified atom stereocenters. The SMILES string of the molecule is Cc1cc(C(=O)NNC(C(=O)NC2CC2)c2ccccc2)c2ccccc2n1. The van der Waals surface area contributed by atoms with Crippen LogP contribution in [0.3, 0.4) is 0 Å². The van der Waals surface area contributed by atoms with Crippen molar-refractivity contribution in [2.75, 3.05) is 0 Å². The standard InChI is InChI=1S/C22H22N4O2/c1-14-13-18(17-9-5-6-10-19(17)23-14)21(27)26-25-20(15-7-3-2-4-8-15)22(28)24-16-11-12-16/h2-10,13,16,20,25H,11-12H2,1H3,(H,24,28)(H,26,27). The van der Waals surface area contributed by atoms with Gasteiger partial charge in [-0.25, -0.2) is 5.43 Å². The number of nitrogens with zero attached hydrogens (tertiary/aromatic N) is 1. The number of hydrogen-bond donors (Lipinski definition) is 3. The van der Waals surface area contributed by atoms with Gasteiger partial charge in [-0.1, -0.05) is 48.5 Å². The summed E-state index contributed by atoms with van der Waals surface area (Å²) >= 11 is 0. The van der Waals surface area contributed by atoms with Gasteiger partial charge in [-0.05, 0) is 37.5 Å². The summed E-state index contributed by atoms with van der Waals surface area (Å²) in [7, 11) is 0. The molecule has 0 bridgehead atoms. The number of aromatic nitrogens is 1. The number of carbonyl (C=O) groups excluding carboxylic acids is 2. The van der Waals surface area contributed by atoms with Crippen LogP contribution in [0.1, 0.15) is 40.5 Å². The number of amides is 2. The summed E-state index contributed by atoms with van der Waals surface area (Å²) in [6.45, 7) is 1.85. The van der Waals surface area contributed by atoms with E-state index in [1.165, 1.54) is 0 Å². The maximum atomic E-state index is 12.9. The van der Waals surface area contributed by atoms with E-state index in [1.807, 2.05) is 61.5 Å². The second-order valence-corrected chi connectivity index (χ2v) is 7.05. The topological polar surface area (TPSA) is 83.1 Å². The van der Waals surface area contributed by atoms with Crippen LogP contribution in [0.5, 0.6) is 0 Å². The zero-order valence-electron chi connectivity index (χ0n) is 15.6. The molecule has 1 saturated carbocycles. The van der Waals surface area contributed by atoms with E-state index in [1.54, 1.807) is 6.07 Å². The van der Waals surface area contributed by atoms with Gasteiger partial charge in [0.2, 0.25) is 5.91 Å². The molecule has 3 aromatic rings. The zero-order chi connectivity index (χ0) is 19.5. The van der Waals surface area contributed by atoms with Gasteiger partial charge in [-0.3, -0.25) is 20.0 Å². The van der Waals surface area contributed by atoms with E-state index in [4.69, 9.17) is 0 Å². The molecule has 2 aromatic carbocycles. The minimum absolute atomic E-state index is 0.148. The maximum Gasteiger partial charge on any atom is 0.266 e. The Morgan fingerprint density at radius 3 is 2.50 bits per heavy atom. The lowest BCUT2D eigenvalue weighted by Crippen LogP contribution is -2.47. The molecule has 2 amide bonds. The Balaban J connectivity index is 1.55. The first-order chi connectivity index (χ1) is 13.6. The summed E-state index contributed by atoms with van der Waals surface area (Å²) in [5, 5.41) is 3.76. The molecule has 6 heteroatoms. The van der Waals surface area contributed by atoms with Crippen molar-refractivity contribution in [3.63, 3.8) is 0 Å². The summed E-state index contributed by atoms with van der Waals surface area (Å²) in [6.07, 6.45) is 2.00. The van der Waals surface area contributed by atoms with Crippen molar-refractivity contribution in [1.82, 2.24) is 21.2 Å². The summed E-state index contributed by atoms with van der Waals surface area (Å²) < 4.78 is 0. The molecular formula is C22H22N4O2. The molecule has 28 heavy (non-hydrogen) atoms. The Morgan fingerprint density at radius 2 is 1.75 bits per heavy atom. The minimum Gasteiger partial charge on any atom is -0.352 e. The Labute approximate surface area is 163 Å². The fourth-order valence-electron chi connectivity index (χ4n) is 3.16. The van der Waals surface area contributed by atoms with Gasteiger partial charge in [0.25, 0.3) is 5.91 Å². The second-order valence-electron chi connectivity index (χ2n) is 7.05. The number of hydrazine groups is 1. The molecule has 1 aliphatic rings. The quantitative estimate of drug-likeness (QED) is 0.580. The highest BCUT2D eigenvalue weighted by molar-refractivity contribution is 6.06. The van der Waals surface area contributed by atoms with Crippen molar-refractivity contribution in [1.29, 1.82) is 0 Å². The third-order valence-electron chi connectivity index (χ3n) is 4.74. The second kappa shape index (κ2) is 7.78. The number of rotatable bonds is 6. The van der Waals surface area contributed by atoms with Crippen LogP contribution < -0.4 is 16.2 Å². The first-order valence-corrected chi connectivity index (χ1v) is 9.39. The Morgan fingerprint density at radius 1 is 1.04 bits per heavy atom. The summed E-state index contributed by atoms with van der Waals surface area (Å²) in [6, 6.07) is 18.2. The van der Waals surface area contributed by atoms with Gasteiger partial charge in [0.15, 0.2) is 0 Å². The minimum atomic E-state index is -0.667. The molecule has 1 aromatic heterocycles. The predicted molar refractivity (Wildman–Crippen MR) is 107 cm³/mol. The molecule has 6 nitrogen and oxygen atoms in total. The average molecular weight is 374 g/mol. The fourth-order valence-corrected chi connectivity index (χ4v) is 3.16. The highest BCUT2D eigenvalue weighted by Crippen LogP contribution is 2.21. The van der Waals surface area contributed by atoms with Crippen LogP contribution in [-0.2, 0) is 4.79 Å². The molecule has 1 heterocycles. The van der Waals surface area contributed by atoms with Gasteiger partial charge in [0.1, 0.15) is 6.04 Å². The van der Waals surface area contributed by atoms with E-state index in [0.717, 1.165) is 35.0 Å². The molecule has 1 aliphatic carbocycles. The molecular weight excluding hydrogens is 352 g/mol. The number of hydrogen-bond acceptors (Lipinski definition) is 4. The summed E-state index contributed by atoms with van der Waals surface area (Å²) in [4.78, 5) is 30.0. The van der Waals surface area contributed by atoms with Crippen LogP contribution in [-0.4, -0.2) is 22.8 Å². The van der Waals surface area contributed by atoms with Gasteiger partial charge in [-0.2, -0.15) is 0 Å². The maximum absolute atomic E-state index is 12.9. The zero-order valence-corrected chi connectivity index (χ0v) is 15.6. The first kappa shape index (κ1) is 18.1. The predicted octanol–water partition coefficient (Wildman–Crippen LogP) is 2.80. The molecule has 0 spiro atoms. The largest absolute Gasteiger partial charge is 0.352 e. The van der Waals surface area contributed by atoms with Crippen molar-refractivity contribution >= 4 is 22.7 Å². The Bertz CT molecular complexity index is 1020. The molecule has 142 valence electrons. The van der Waals surface area contributed by atoms with Gasteiger partial charge in [-0.15, -0.1) is 0 Å². The lowest BCUT2D eigenvalue weighted by atomic mass is 10.1. The highest BCUT2D eigenvalue weighted by Gasteiger charge is 2.28. The van der Waals surface area contributed by atoms with Crippen molar-refractivity contribution in [2.45, 2.75) is 31.8 Å². The molecule has 1 fully saturated rings. The Kier molecular flexibility index (Phi) is 5.04. The van der Waals surface area contributed by atoms with Crippen molar-refractivity contribution in [3.8, 4) is 0 Å². The smallest absolute Gasteiger partial charge is 0.266 e. The van der Waals surface area contributed by atoms with Crippen molar-refractivity contribution < 1.29 is 9.59 Å². The van der Waals surface area contributed by atoms with Crippen LogP contribution in [0.25, 0.3) is 10.9 Å². The van der Waals surface area contributed by atoms with Crippen LogP contribution in [0.4, 0.5) is 0 Å². The monoisotopic (exact) mass is 374 g/mol. The molecule has 0 radical (unpaired) electrons. The number of pyridine rings is 1. The van der Waals surface area contributed by atoms with E-state index < -0.39 is 6.04 Å². The Hall–Kier alpha value is -3.25. The van der Waals surface area contributed by atoms with E-state index in [0.29, 0.717) is 5.56 Å². The highest BCUT2D eigenvalue weighted by atomic mass is 16.2. The number of nitrogens with one attached hydrogen (secondary N) is 3. The van der Waals surface area contributed by atoms with Crippen LogP contribution in [0.15, 0.2) is 60.7 Å². The van der Waals surface area contributed by atoms with Crippen LogP contribution in [0.2, 0.25) is 0 Å². The number of benzene rings is 2. The van der Waals surface area contributed by atoms with Crippen molar-refractivity contribution in [3.05, 3.63) is 77.5 Å². The summed E-state index contributed by atoms with van der Waals surface area (Å²) in [5.41, 5.74) is 8.46. The third kappa shape index (κ3) is 4.02. The van der Waals surface area contributed by atoms with E-state index >= 15 is 0 Å². The average Bonchev–Trinajstić information content (AvgIpc) is 3.52. The lowest BCUT2D eigenvalue weighted by molar-refractivity contribution is -0.123. The van der Waals surface area contributed by atoms with Gasteiger partial charge < -0.3 is 5.32 Å². The molecule has 4 rings (SSSR count). The van der Waals surface area contributed by atoms with Gasteiger partial charge in [0, 0.05) is 17.1 Å². The molecule has 1 atom stereocenters. The van der Waals surface area contributed by atoms with E-state index in [2.05, 4.69) is 21.2 Å². The molecule has 3 N–H and O–H groups in total. The summed E-state index contributed by atoms with van der Waals surface area (Å²) in [5.74, 6) is -0.452. The van der Waals surface area contributed by atoms with Gasteiger partial charge in [0.05, 0.1) is 11.1 Å².